The second kappa shape index (κ2) is 9.03. The molecule has 0 bridgehead atoms. The van der Waals surface area contributed by atoms with E-state index in [2.05, 4.69) is 5.32 Å². The molecule has 0 radical (unpaired) electrons. The van der Waals surface area contributed by atoms with E-state index in [4.69, 9.17) is 9.84 Å². The zero-order valence-electron chi connectivity index (χ0n) is 11.8. The summed E-state index contributed by atoms with van der Waals surface area (Å²) < 4.78 is 16.9. The SMILES string of the molecule is COCCCNC(=O)C(C)S(=O)C(C(=O)O)C(C)C. The fraction of sp³-hybridized carbons (Fsp3) is 0.833. The first-order valence-electron chi connectivity index (χ1n) is 6.21. The van der Waals surface area contributed by atoms with Crippen molar-refractivity contribution < 1.29 is 23.6 Å². The summed E-state index contributed by atoms with van der Waals surface area (Å²) in [6.45, 7) is 5.80. The lowest BCUT2D eigenvalue weighted by molar-refractivity contribution is -0.137. The van der Waals surface area contributed by atoms with E-state index in [1.54, 1.807) is 21.0 Å². The zero-order valence-corrected chi connectivity index (χ0v) is 12.7. The van der Waals surface area contributed by atoms with Gasteiger partial charge in [-0.15, -0.1) is 0 Å². The van der Waals surface area contributed by atoms with E-state index in [0.717, 1.165) is 0 Å². The molecule has 112 valence electrons. The molecule has 3 unspecified atom stereocenters. The first-order valence-corrected chi connectivity index (χ1v) is 7.49. The fourth-order valence-corrected chi connectivity index (χ4v) is 3.02. The number of carbonyl (C=O) groups is 2. The Morgan fingerprint density at radius 2 is 1.89 bits per heavy atom. The van der Waals surface area contributed by atoms with E-state index in [0.29, 0.717) is 19.6 Å². The van der Waals surface area contributed by atoms with Gasteiger partial charge in [0.25, 0.3) is 0 Å². The number of carboxylic acid groups (broad SMARTS) is 1. The molecule has 0 saturated heterocycles. The molecule has 6 nitrogen and oxygen atoms in total. The van der Waals surface area contributed by atoms with Gasteiger partial charge in [-0.05, 0) is 19.3 Å². The van der Waals surface area contributed by atoms with Crippen molar-refractivity contribution in [2.45, 2.75) is 37.7 Å². The number of ether oxygens (including phenoxy) is 1. The van der Waals surface area contributed by atoms with E-state index in [9.17, 15) is 13.8 Å². The van der Waals surface area contributed by atoms with Crippen LogP contribution in [0.4, 0.5) is 0 Å². The van der Waals surface area contributed by atoms with Crippen LogP contribution in [0.25, 0.3) is 0 Å². The van der Waals surface area contributed by atoms with Crippen LogP contribution in [0.2, 0.25) is 0 Å². The molecule has 0 aliphatic heterocycles. The van der Waals surface area contributed by atoms with Crippen molar-refractivity contribution in [1.29, 1.82) is 0 Å². The molecule has 0 fully saturated rings. The van der Waals surface area contributed by atoms with Crippen LogP contribution in [0.3, 0.4) is 0 Å². The molecule has 0 spiro atoms. The predicted octanol–water partition coefficient (Wildman–Crippen LogP) is 0.386. The highest BCUT2D eigenvalue weighted by molar-refractivity contribution is 7.87. The molecule has 1 amide bonds. The number of nitrogens with one attached hydrogen (secondary N) is 1. The molecule has 0 rings (SSSR count). The van der Waals surface area contributed by atoms with E-state index < -0.39 is 27.3 Å². The Labute approximate surface area is 116 Å². The molecule has 0 heterocycles. The minimum atomic E-state index is -1.74. The Morgan fingerprint density at radius 3 is 2.32 bits per heavy atom. The maximum Gasteiger partial charge on any atom is 0.319 e. The van der Waals surface area contributed by atoms with Crippen LogP contribution in [0.1, 0.15) is 27.2 Å². The summed E-state index contributed by atoms with van der Waals surface area (Å²) in [4.78, 5) is 22.8. The van der Waals surface area contributed by atoms with Gasteiger partial charge in [-0.25, -0.2) is 0 Å². The minimum Gasteiger partial charge on any atom is -0.480 e. The topological polar surface area (TPSA) is 92.7 Å². The number of hydrogen-bond acceptors (Lipinski definition) is 4. The minimum absolute atomic E-state index is 0.290. The lowest BCUT2D eigenvalue weighted by Crippen LogP contribution is -2.43. The van der Waals surface area contributed by atoms with Crippen molar-refractivity contribution in [2.75, 3.05) is 20.3 Å². The molecule has 3 atom stereocenters. The fourth-order valence-electron chi connectivity index (χ4n) is 1.55. The van der Waals surface area contributed by atoms with Gasteiger partial charge in [0.15, 0.2) is 0 Å². The van der Waals surface area contributed by atoms with Gasteiger partial charge in [0.1, 0.15) is 10.5 Å². The Kier molecular flexibility index (Phi) is 8.58. The van der Waals surface area contributed by atoms with Crippen molar-refractivity contribution in [3.63, 3.8) is 0 Å². The average Bonchev–Trinajstić information content (AvgIpc) is 2.32. The van der Waals surface area contributed by atoms with E-state index >= 15 is 0 Å². The van der Waals surface area contributed by atoms with Gasteiger partial charge in [-0.2, -0.15) is 0 Å². The smallest absolute Gasteiger partial charge is 0.319 e. The quantitative estimate of drug-likeness (QED) is 0.600. The number of carboxylic acids is 1. The Hall–Kier alpha value is -0.950. The van der Waals surface area contributed by atoms with Gasteiger partial charge in [-0.3, -0.25) is 13.8 Å². The van der Waals surface area contributed by atoms with Crippen molar-refractivity contribution >= 4 is 22.7 Å². The Bertz CT molecular complexity index is 332. The highest BCUT2D eigenvalue weighted by Gasteiger charge is 2.34. The van der Waals surface area contributed by atoms with Crippen molar-refractivity contribution in [3.05, 3.63) is 0 Å². The molecular weight excluding hydrogens is 270 g/mol. The molecule has 0 saturated carbocycles. The second-order valence-corrected chi connectivity index (χ2v) is 6.48. The number of carbonyl (C=O) groups excluding carboxylic acids is 1. The summed E-state index contributed by atoms with van der Waals surface area (Å²) in [5.74, 6) is -1.81. The third kappa shape index (κ3) is 6.15. The highest BCUT2D eigenvalue weighted by Crippen LogP contribution is 2.14. The molecular formula is C12H23NO5S. The molecule has 2 N–H and O–H groups in total. The molecule has 0 aromatic carbocycles. The number of hydrogen-bond donors (Lipinski definition) is 2. The molecule has 0 aromatic heterocycles. The third-order valence-corrected chi connectivity index (χ3v) is 4.80. The van der Waals surface area contributed by atoms with E-state index in [-0.39, 0.29) is 11.8 Å². The Morgan fingerprint density at radius 1 is 1.32 bits per heavy atom. The lowest BCUT2D eigenvalue weighted by Gasteiger charge is -2.20. The van der Waals surface area contributed by atoms with Crippen LogP contribution in [0.15, 0.2) is 0 Å². The van der Waals surface area contributed by atoms with Crippen LogP contribution in [-0.2, 0) is 25.1 Å². The summed E-state index contributed by atoms with van der Waals surface area (Å²) >= 11 is 0. The van der Waals surface area contributed by atoms with Crippen molar-refractivity contribution in [2.24, 2.45) is 5.92 Å². The van der Waals surface area contributed by atoms with Crippen LogP contribution < -0.4 is 5.32 Å². The molecule has 0 aliphatic rings. The predicted molar refractivity (Wildman–Crippen MR) is 73.4 cm³/mol. The van der Waals surface area contributed by atoms with E-state index in [1.165, 1.54) is 6.92 Å². The van der Waals surface area contributed by atoms with Crippen LogP contribution in [0.5, 0.6) is 0 Å². The van der Waals surface area contributed by atoms with Crippen LogP contribution in [-0.4, -0.2) is 52.0 Å². The first kappa shape index (κ1) is 18.0. The second-order valence-electron chi connectivity index (χ2n) is 4.61. The molecule has 7 heteroatoms. The normalized spacial score (nSPS) is 15.8. The van der Waals surface area contributed by atoms with Gasteiger partial charge in [0.05, 0.1) is 0 Å². The Balaban J connectivity index is 4.45. The average molecular weight is 293 g/mol. The van der Waals surface area contributed by atoms with Gasteiger partial charge < -0.3 is 15.2 Å². The summed E-state index contributed by atoms with van der Waals surface area (Å²) in [6.07, 6.45) is 0.661. The largest absolute Gasteiger partial charge is 0.480 e. The van der Waals surface area contributed by atoms with Crippen LogP contribution >= 0.6 is 0 Å². The first-order chi connectivity index (χ1) is 8.82. The molecule has 19 heavy (non-hydrogen) atoms. The number of methoxy groups -OCH3 is 1. The zero-order chi connectivity index (χ0) is 15.0. The summed E-state index contributed by atoms with van der Waals surface area (Å²) in [7, 11) is -0.174. The standard InChI is InChI=1S/C12H23NO5S/c1-8(2)10(12(15)16)19(17)9(3)11(14)13-6-5-7-18-4/h8-10H,5-7H2,1-4H3,(H,13,14)(H,15,16). The van der Waals surface area contributed by atoms with Crippen molar-refractivity contribution in [3.8, 4) is 0 Å². The van der Waals surface area contributed by atoms with Gasteiger partial charge in [0, 0.05) is 31.1 Å². The summed E-state index contributed by atoms with van der Waals surface area (Å²) in [5, 5.41) is 9.81. The van der Waals surface area contributed by atoms with Gasteiger partial charge in [0.2, 0.25) is 5.91 Å². The number of aliphatic carboxylic acids is 1. The van der Waals surface area contributed by atoms with Gasteiger partial charge >= 0.3 is 5.97 Å². The number of rotatable bonds is 9. The molecule has 0 aliphatic carbocycles. The number of amides is 1. The maximum atomic E-state index is 12.1. The van der Waals surface area contributed by atoms with Crippen LogP contribution in [0, 0.1) is 5.92 Å². The third-order valence-electron chi connectivity index (χ3n) is 2.64. The lowest BCUT2D eigenvalue weighted by atomic mass is 10.1. The summed E-state index contributed by atoms with van der Waals surface area (Å²) in [6, 6.07) is 0. The molecule has 0 aromatic rings. The summed E-state index contributed by atoms with van der Waals surface area (Å²) in [5.41, 5.74) is 0. The maximum absolute atomic E-state index is 12.1. The van der Waals surface area contributed by atoms with E-state index in [1.807, 2.05) is 0 Å². The van der Waals surface area contributed by atoms with Gasteiger partial charge in [-0.1, -0.05) is 13.8 Å². The highest BCUT2D eigenvalue weighted by atomic mass is 32.2. The van der Waals surface area contributed by atoms with Crippen molar-refractivity contribution in [1.82, 2.24) is 5.32 Å². The monoisotopic (exact) mass is 293 g/mol.